The summed E-state index contributed by atoms with van der Waals surface area (Å²) in [5, 5.41) is 0. The van der Waals surface area contributed by atoms with E-state index < -0.39 is 0 Å². The molecule has 0 unspecified atom stereocenters. The summed E-state index contributed by atoms with van der Waals surface area (Å²) in [6.07, 6.45) is 8.36. The Morgan fingerprint density at radius 1 is 1.10 bits per heavy atom. The van der Waals surface area contributed by atoms with Crippen LogP contribution in [0, 0.1) is 0 Å². The first-order valence-electron chi connectivity index (χ1n) is 7.62. The van der Waals surface area contributed by atoms with Crippen molar-refractivity contribution in [2.24, 2.45) is 0 Å². The molecule has 1 aromatic rings. The summed E-state index contributed by atoms with van der Waals surface area (Å²) < 4.78 is 0. The molecule has 5 nitrogen and oxygen atoms in total. The molecule has 2 heterocycles. The maximum absolute atomic E-state index is 12.2. The summed E-state index contributed by atoms with van der Waals surface area (Å²) >= 11 is 0. The minimum atomic E-state index is -0.0371. The molecule has 0 aliphatic carbocycles. The SMILES string of the molecule is CCN(CC)C(=O)c1cnc(N2CCCCCC2)cn1. The van der Waals surface area contributed by atoms with Crippen molar-refractivity contribution in [1.82, 2.24) is 14.9 Å². The van der Waals surface area contributed by atoms with E-state index in [4.69, 9.17) is 0 Å². The second kappa shape index (κ2) is 7.22. The summed E-state index contributed by atoms with van der Waals surface area (Å²) in [4.78, 5) is 24.9. The first-order valence-corrected chi connectivity index (χ1v) is 7.62. The fraction of sp³-hybridized carbons (Fsp3) is 0.667. The van der Waals surface area contributed by atoms with Gasteiger partial charge in [-0.15, -0.1) is 0 Å². The van der Waals surface area contributed by atoms with Gasteiger partial charge in [0, 0.05) is 26.2 Å². The molecule has 0 N–H and O–H groups in total. The topological polar surface area (TPSA) is 49.3 Å². The van der Waals surface area contributed by atoms with Crippen LogP contribution in [0.2, 0.25) is 0 Å². The molecule has 2 rings (SSSR count). The van der Waals surface area contributed by atoms with Gasteiger partial charge in [0.05, 0.1) is 12.4 Å². The summed E-state index contributed by atoms with van der Waals surface area (Å²) in [5.74, 6) is 0.855. The molecule has 0 spiro atoms. The average molecular weight is 276 g/mol. The predicted molar refractivity (Wildman–Crippen MR) is 80.0 cm³/mol. The van der Waals surface area contributed by atoms with Gasteiger partial charge < -0.3 is 9.80 Å². The van der Waals surface area contributed by atoms with E-state index in [1.54, 1.807) is 17.3 Å². The van der Waals surface area contributed by atoms with Gasteiger partial charge in [-0.2, -0.15) is 0 Å². The Balaban J connectivity index is 2.07. The Hall–Kier alpha value is -1.65. The van der Waals surface area contributed by atoms with E-state index in [-0.39, 0.29) is 5.91 Å². The maximum Gasteiger partial charge on any atom is 0.274 e. The summed E-state index contributed by atoms with van der Waals surface area (Å²) in [7, 11) is 0. The van der Waals surface area contributed by atoms with Crippen LogP contribution >= 0.6 is 0 Å². The zero-order valence-electron chi connectivity index (χ0n) is 12.5. The number of carbonyl (C=O) groups excluding carboxylic acids is 1. The van der Waals surface area contributed by atoms with Crippen molar-refractivity contribution in [2.45, 2.75) is 39.5 Å². The van der Waals surface area contributed by atoms with Crippen LogP contribution in [0.15, 0.2) is 12.4 Å². The van der Waals surface area contributed by atoms with Gasteiger partial charge in [-0.1, -0.05) is 12.8 Å². The van der Waals surface area contributed by atoms with Gasteiger partial charge in [0.1, 0.15) is 11.5 Å². The average Bonchev–Trinajstić information content (AvgIpc) is 2.77. The van der Waals surface area contributed by atoms with Gasteiger partial charge in [0.15, 0.2) is 0 Å². The van der Waals surface area contributed by atoms with Gasteiger partial charge in [-0.25, -0.2) is 9.97 Å². The first kappa shape index (κ1) is 14.8. The molecular formula is C15H24N4O. The van der Waals surface area contributed by atoms with Crippen LogP contribution in [0.5, 0.6) is 0 Å². The van der Waals surface area contributed by atoms with Gasteiger partial charge in [-0.05, 0) is 26.7 Å². The molecule has 20 heavy (non-hydrogen) atoms. The van der Waals surface area contributed by atoms with Crippen LogP contribution in [0.1, 0.15) is 50.0 Å². The van der Waals surface area contributed by atoms with Gasteiger partial charge in [0.25, 0.3) is 5.91 Å². The highest BCUT2D eigenvalue weighted by Gasteiger charge is 2.16. The minimum absolute atomic E-state index is 0.0371. The largest absolute Gasteiger partial charge is 0.355 e. The van der Waals surface area contributed by atoms with Crippen molar-refractivity contribution in [3.05, 3.63) is 18.1 Å². The lowest BCUT2D eigenvalue weighted by molar-refractivity contribution is 0.0766. The molecule has 1 saturated heterocycles. The number of hydrogen-bond donors (Lipinski definition) is 0. The van der Waals surface area contributed by atoms with Gasteiger partial charge >= 0.3 is 0 Å². The molecule has 110 valence electrons. The summed E-state index contributed by atoms with van der Waals surface area (Å²) in [6, 6.07) is 0. The molecule has 1 aliphatic heterocycles. The molecule has 0 atom stereocenters. The molecule has 5 heteroatoms. The first-order chi connectivity index (χ1) is 9.76. The Bertz CT molecular complexity index is 420. The van der Waals surface area contributed by atoms with E-state index in [1.165, 1.54) is 25.7 Å². The third kappa shape index (κ3) is 3.46. The van der Waals surface area contributed by atoms with Crippen LogP contribution in [0.25, 0.3) is 0 Å². The van der Waals surface area contributed by atoms with Crippen LogP contribution in [0.3, 0.4) is 0 Å². The zero-order valence-corrected chi connectivity index (χ0v) is 12.5. The molecule has 1 amide bonds. The van der Waals surface area contributed by atoms with E-state index in [9.17, 15) is 4.79 Å². The fourth-order valence-corrected chi connectivity index (χ4v) is 2.57. The third-order valence-electron chi connectivity index (χ3n) is 3.84. The number of hydrogen-bond acceptors (Lipinski definition) is 4. The zero-order chi connectivity index (χ0) is 14.4. The van der Waals surface area contributed by atoms with Crippen LogP contribution in [-0.4, -0.2) is 47.0 Å². The normalized spacial score (nSPS) is 15.8. The van der Waals surface area contributed by atoms with E-state index in [0.717, 1.165) is 18.9 Å². The Morgan fingerprint density at radius 3 is 2.25 bits per heavy atom. The van der Waals surface area contributed by atoms with Crippen molar-refractivity contribution >= 4 is 11.7 Å². The number of aromatic nitrogens is 2. The molecular weight excluding hydrogens is 252 g/mol. The highest BCUT2D eigenvalue weighted by atomic mass is 16.2. The highest BCUT2D eigenvalue weighted by Crippen LogP contribution is 2.16. The quantitative estimate of drug-likeness (QED) is 0.847. The number of rotatable bonds is 4. The van der Waals surface area contributed by atoms with Crippen molar-refractivity contribution in [3.63, 3.8) is 0 Å². The maximum atomic E-state index is 12.2. The van der Waals surface area contributed by atoms with Crippen LogP contribution in [0.4, 0.5) is 5.82 Å². The van der Waals surface area contributed by atoms with E-state index >= 15 is 0 Å². The number of nitrogens with zero attached hydrogens (tertiary/aromatic N) is 4. The predicted octanol–water partition coefficient (Wildman–Crippen LogP) is 2.34. The Morgan fingerprint density at radius 2 is 1.75 bits per heavy atom. The molecule has 1 aromatic heterocycles. The molecule has 1 fully saturated rings. The molecule has 0 radical (unpaired) electrons. The van der Waals surface area contributed by atoms with Gasteiger partial charge in [-0.3, -0.25) is 4.79 Å². The van der Waals surface area contributed by atoms with Crippen LogP contribution < -0.4 is 4.90 Å². The van der Waals surface area contributed by atoms with E-state index in [2.05, 4.69) is 14.9 Å². The summed E-state index contributed by atoms with van der Waals surface area (Å²) in [6.45, 7) is 7.42. The highest BCUT2D eigenvalue weighted by molar-refractivity contribution is 5.92. The lowest BCUT2D eigenvalue weighted by atomic mass is 10.2. The lowest BCUT2D eigenvalue weighted by Gasteiger charge is -2.21. The van der Waals surface area contributed by atoms with Crippen molar-refractivity contribution in [2.75, 3.05) is 31.1 Å². The Kier molecular flexibility index (Phi) is 5.32. The monoisotopic (exact) mass is 276 g/mol. The van der Waals surface area contributed by atoms with Gasteiger partial charge in [0.2, 0.25) is 0 Å². The molecule has 0 saturated carbocycles. The number of carbonyl (C=O) groups is 1. The molecule has 0 bridgehead atoms. The second-order valence-corrected chi connectivity index (χ2v) is 5.14. The number of amides is 1. The lowest BCUT2D eigenvalue weighted by Crippen LogP contribution is -2.31. The minimum Gasteiger partial charge on any atom is -0.355 e. The standard InChI is InChI=1S/C15H24N4O/c1-3-18(4-2)15(20)13-11-17-14(12-16-13)19-9-7-5-6-8-10-19/h11-12H,3-10H2,1-2H3. The van der Waals surface area contributed by atoms with Crippen molar-refractivity contribution in [3.8, 4) is 0 Å². The van der Waals surface area contributed by atoms with Crippen molar-refractivity contribution < 1.29 is 4.79 Å². The number of anilines is 1. The molecule has 1 aliphatic rings. The Labute approximate surface area is 121 Å². The third-order valence-corrected chi connectivity index (χ3v) is 3.84. The smallest absolute Gasteiger partial charge is 0.274 e. The van der Waals surface area contributed by atoms with Crippen molar-refractivity contribution in [1.29, 1.82) is 0 Å². The second-order valence-electron chi connectivity index (χ2n) is 5.14. The van der Waals surface area contributed by atoms with Crippen LogP contribution in [-0.2, 0) is 0 Å². The van der Waals surface area contributed by atoms with E-state index in [1.807, 2.05) is 13.8 Å². The van der Waals surface area contributed by atoms with E-state index in [0.29, 0.717) is 18.8 Å². The molecule has 0 aromatic carbocycles. The summed E-state index contributed by atoms with van der Waals surface area (Å²) in [5.41, 5.74) is 0.437. The fourth-order valence-electron chi connectivity index (χ4n) is 2.57.